The number of rotatable bonds is 4. The summed E-state index contributed by atoms with van der Waals surface area (Å²) in [5, 5.41) is 0.918. The molecule has 0 fully saturated rings. The molecule has 0 radical (unpaired) electrons. The van der Waals surface area contributed by atoms with Gasteiger partial charge in [-0.05, 0) is 66.6 Å². The number of aromatic amines is 1. The molecule has 0 atom stereocenters. The molecule has 2 aromatic carbocycles. The molecule has 1 amide bonds. The number of nitrogen functional groups attached to an aromatic ring is 1. The van der Waals surface area contributed by atoms with E-state index in [1.165, 1.54) is 5.57 Å². The predicted molar refractivity (Wildman–Crippen MR) is 141 cm³/mol. The zero-order valence-electron chi connectivity index (χ0n) is 20.2. The van der Waals surface area contributed by atoms with Crippen molar-refractivity contribution in [3.8, 4) is 23.3 Å². The summed E-state index contributed by atoms with van der Waals surface area (Å²) in [7, 11) is 3.20. The molecule has 5 rings (SSSR count). The lowest BCUT2D eigenvalue weighted by Crippen LogP contribution is -2.34. The van der Waals surface area contributed by atoms with Crippen molar-refractivity contribution in [3.63, 3.8) is 0 Å². The largest absolute Gasteiger partial charge is 0.493 e. The van der Waals surface area contributed by atoms with Gasteiger partial charge in [0.1, 0.15) is 5.82 Å². The van der Waals surface area contributed by atoms with Crippen molar-refractivity contribution in [2.75, 3.05) is 33.0 Å². The maximum absolute atomic E-state index is 13.1. The van der Waals surface area contributed by atoms with E-state index in [1.54, 1.807) is 20.4 Å². The van der Waals surface area contributed by atoms with Crippen molar-refractivity contribution < 1.29 is 14.3 Å². The maximum atomic E-state index is 13.1. The summed E-state index contributed by atoms with van der Waals surface area (Å²) in [5.74, 6) is 8.08. The number of anilines is 1. The molecule has 0 unspecified atom stereocenters. The van der Waals surface area contributed by atoms with E-state index in [0.717, 1.165) is 34.1 Å². The van der Waals surface area contributed by atoms with E-state index >= 15 is 0 Å². The van der Waals surface area contributed by atoms with Gasteiger partial charge in [-0.15, -0.1) is 0 Å². The minimum absolute atomic E-state index is 0.00907. The number of benzene rings is 2. The van der Waals surface area contributed by atoms with Crippen molar-refractivity contribution in [1.29, 1.82) is 0 Å². The predicted octanol–water partition coefficient (Wildman–Crippen LogP) is 4.49. The number of hydrogen-bond donors (Lipinski definition) is 2. The fourth-order valence-electron chi connectivity index (χ4n) is 4.28. The molecular weight excluding hydrogens is 452 g/mol. The van der Waals surface area contributed by atoms with Crippen LogP contribution in [0, 0.1) is 11.8 Å². The summed E-state index contributed by atoms with van der Waals surface area (Å²) in [6, 6.07) is 16.9. The van der Waals surface area contributed by atoms with Crippen LogP contribution in [0.5, 0.6) is 11.5 Å². The van der Waals surface area contributed by atoms with E-state index in [4.69, 9.17) is 15.2 Å². The third kappa shape index (κ3) is 4.62. The number of nitrogens with two attached hydrogens (primary N) is 1. The second kappa shape index (κ2) is 9.88. The van der Waals surface area contributed by atoms with Crippen LogP contribution in [0.4, 0.5) is 5.82 Å². The van der Waals surface area contributed by atoms with Crippen LogP contribution in [0.3, 0.4) is 0 Å². The topological polar surface area (TPSA) is 93.5 Å². The Labute approximate surface area is 209 Å². The highest BCUT2D eigenvalue weighted by molar-refractivity contribution is 5.95. The second-order valence-electron chi connectivity index (χ2n) is 8.47. The molecule has 3 heterocycles. The lowest BCUT2D eigenvalue weighted by molar-refractivity contribution is 0.0773. The summed E-state index contributed by atoms with van der Waals surface area (Å²) < 4.78 is 10.6. The smallest absolute Gasteiger partial charge is 0.254 e. The monoisotopic (exact) mass is 478 g/mol. The van der Waals surface area contributed by atoms with E-state index in [-0.39, 0.29) is 5.91 Å². The molecule has 1 aliphatic heterocycles. The maximum Gasteiger partial charge on any atom is 0.254 e. The number of amides is 1. The second-order valence-corrected chi connectivity index (χ2v) is 8.47. The van der Waals surface area contributed by atoms with Gasteiger partial charge in [0.15, 0.2) is 11.5 Å². The number of pyridine rings is 1. The van der Waals surface area contributed by atoms with E-state index in [1.807, 2.05) is 59.5 Å². The SMILES string of the molecule is COc1ccc(C#Cc2ccc(C(=O)N3CC=C(c4cc5c(N)nccc5[nH]4)CC3)cc2)cc1OC. The molecule has 36 heavy (non-hydrogen) atoms. The van der Waals surface area contributed by atoms with Gasteiger partial charge in [0.2, 0.25) is 0 Å². The highest BCUT2D eigenvalue weighted by Crippen LogP contribution is 2.28. The molecule has 0 saturated heterocycles. The van der Waals surface area contributed by atoms with Gasteiger partial charge in [0, 0.05) is 47.1 Å². The summed E-state index contributed by atoms with van der Waals surface area (Å²) >= 11 is 0. The number of carbonyl (C=O) groups excluding carboxylic acids is 1. The molecule has 0 aliphatic carbocycles. The van der Waals surface area contributed by atoms with Crippen LogP contribution in [-0.4, -0.2) is 48.1 Å². The van der Waals surface area contributed by atoms with Crippen LogP contribution in [0.25, 0.3) is 16.5 Å². The quantitative estimate of drug-likeness (QED) is 0.422. The number of nitrogens with one attached hydrogen (secondary N) is 1. The van der Waals surface area contributed by atoms with E-state index in [9.17, 15) is 4.79 Å². The van der Waals surface area contributed by atoms with Crippen LogP contribution in [-0.2, 0) is 0 Å². The summed E-state index contributed by atoms with van der Waals surface area (Å²) in [4.78, 5) is 22.5. The lowest BCUT2D eigenvalue weighted by atomic mass is 10.0. The Morgan fingerprint density at radius 3 is 2.44 bits per heavy atom. The Bertz CT molecular complexity index is 1520. The highest BCUT2D eigenvalue weighted by Gasteiger charge is 2.20. The van der Waals surface area contributed by atoms with Crippen molar-refractivity contribution >= 4 is 28.2 Å². The Balaban J connectivity index is 1.25. The Morgan fingerprint density at radius 2 is 1.75 bits per heavy atom. The van der Waals surface area contributed by atoms with Crippen LogP contribution in [0.1, 0.15) is 33.6 Å². The number of nitrogens with zero attached hydrogens (tertiary/aromatic N) is 2. The van der Waals surface area contributed by atoms with E-state index in [2.05, 4.69) is 27.9 Å². The number of aromatic nitrogens is 2. The summed E-state index contributed by atoms with van der Waals surface area (Å²) in [6.07, 6.45) is 4.56. The van der Waals surface area contributed by atoms with Gasteiger partial charge in [0.05, 0.1) is 19.7 Å². The fourth-order valence-corrected chi connectivity index (χ4v) is 4.28. The van der Waals surface area contributed by atoms with Crippen molar-refractivity contribution in [2.45, 2.75) is 6.42 Å². The minimum Gasteiger partial charge on any atom is -0.493 e. The van der Waals surface area contributed by atoms with Gasteiger partial charge in [-0.3, -0.25) is 4.79 Å². The minimum atomic E-state index is 0.00907. The Kier molecular flexibility index (Phi) is 6.33. The van der Waals surface area contributed by atoms with Gasteiger partial charge in [-0.1, -0.05) is 17.9 Å². The van der Waals surface area contributed by atoms with Crippen LogP contribution in [0.2, 0.25) is 0 Å². The normalized spacial score (nSPS) is 13.1. The molecule has 3 N–H and O–H groups in total. The molecule has 7 nitrogen and oxygen atoms in total. The van der Waals surface area contributed by atoms with Crippen molar-refractivity contribution in [1.82, 2.24) is 14.9 Å². The average Bonchev–Trinajstić information content (AvgIpc) is 3.37. The molecule has 2 aromatic heterocycles. The van der Waals surface area contributed by atoms with Crippen LogP contribution >= 0.6 is 0 Å². The summed E-state index contributed by atoms with van der Waals surface area (Å²) in [6.45, 7) is 1.20. The highest BCUT2D eigenvalue weighted by atomic mass is 16.5. The first-order valence-corrected chi connectivity index (χ1v) is 11.6. The molecule has 180 valence electrons. The van der Waals surface area contributed by atoms with Gasteiger partial charge < -0.3 is 25.1 Å². The number of methoxy groups -OCH3 is 2. The molecule has 1 aliphatic rings. The molecule has 7 heteroatoms. The zero-order valence-corrected chi connectivity index (χ0v) is 20.2. The third-order valence-corrected chi connectivity index (χ3v) is 6.29. The molecule has 0 spiro atoms. The molecular formula is C29H26N4O3. The summed E-state index contributed by atoms with van der Waals surface area (Å²) in [5.41, 5.74) is 11.4. The fraction of sp³-hybridized carbons (Fsp3) is 0.172. The third-order valence-electron chi connectivity index (χ3n) is 6.29. The van der Waals surface area contributed by atoms with Crippen molar-refractivity contribution in [3.05, 3.63) is 89.3 Å². The number of ether oxygens (including phenoxy) is 2. The average molecular weight is 479 g/mol. The molecule has 0 saturated carbocycles. The standard InChI is InChI=1S/C29H26N4O3/c1-35-26-10-7-20(17-27(26)36-2)4-3-19-5-8-22(9-6-19)29(34)33-15-12-21(13-16-33)25-18-23-24(32-25)11-14-31-28(23)30/h5-12,14,17-18,32H,13,15-16H2,1-2H3,(H2,30,31). The van der Waals surface area contributed by atoms with Crippen LogP contribution in [0.15, 0.2) is 66.9 Å². The van der Waals surface area contributed by atoms with Crippen LogP contribution < -0.4 is 15.2 Å². The number of hydrogen-bond acceptors (Lipinski definition) is 5. The molecule has 4 aromatic rings. The van der Waals surface area contributed by atoms with Gasteiger partial charge in [-0.2, -0.15) is 0 Å². The number of fused-ring (bicyclic) bond motifs is 1. The molecule has 0 bridgehead atoms. The first-order chi connectivity index (χ1) is 17.6. The first kappa shape index (κ1) is 23.1. The number of H-pyrrole nitrogens is 1. The Hall–Kier alpha value is -4.70. The number of carbonyl (C=O) groups is 1. The lowest BCUT2D eigenvalue weighted by Gasteiger charge is -2.26. The van der Waals surface area contributed by atoms with Crippen molar-refractivity contribution in [2.24, 2.45) is 0 Å². The Morgan fingerprint density at radius 1 is 1.00 bits per heavy atom. The van der Waals surface area contributed by atoms with Gasteiger partial charge >= 0.3 is 0 Å². The van der Waals surface area contributed by atoms with Gasteiger partial charge in [0.25, 0.3) is 5.91 Å². The first-order valence-electron chi connectivity index (χ1n) is 11.6. The van der Waals surface area contributed by atoms with E-state index < -0.39 is 0 Å². The van der Waals surface area contributed by atoms with Gasteiger partial charge in [-0.25, -0.2) is 4.98 Å². The van der Waals surface area contributed by atoms with E-state index in [0.29, 0.717) is 36.0 Å². The zero-order chi connectivity index (χ0) is 25.1.